The van der Waals surface area contributed by atoms with Crippen LogP contribution in [0.4, 0.5) is 5.69 Å². The third kappa shape index (κ3) is 7.31. The van der Waals surface area contributed by atoms with Gasteiger partial charge in [-0.2, -0.15) is 0 Å². The summed E-state index contributed by atoms with van der Waals surface area (Å²) in [4.78, 5) is 40.6. The number of carbonyl (C=O) groups excluding carboxylic acids is 2. The summed E-state index contributed by atoms with van der Waals surface area (Å²) in [6, 6.07) is 21.1. The highest BCUT2D eigenvalue weighted by molar-refractivity contribution is 7.93. The molecule has 248 valence electrons. The Bertz CT molecular complexity index is 1930. The quantitative estimate of drug-likeness (QED) is 0.211. The minimum atomic E-state index is -4.40. The van der Waals surface area contributed by atoms with Crippen LogP contribution in [0.3, 0.4) is 0 Å². The lowest BCUT2D eigenvalue weighted by Gasteiger charge is -2.32. The molecule has 47 heavy (non-hydrogen) atoms. The first kappa shape index (κ1) is 34.0. The average Bonchev–Trinajstić information content (AvgIpc) is 3.29. The minimum Gasteiger partial charge on any atom is -0.452 e. The highest BCUT2D eigenvalue weighted by Gasteiger charge is 2.31. The molecule has 3 aromatic carbocycles. The van der Waals surface area contributed by atoms with Gasteiger partial charge in [0.1, 0.15) is 10.6 Å². The summed E-state index contributed by atoms with van der Waals surface area (Å²) < 4.78 is 36.7. The fourth-order valence-electron chi connectivity index (χ4n) is 5.91. The number of hydrogen-bond donors (Lipinski definition) is 0. The standard InChI is InChI=1S/C35H39ClN4O6S/c1-24-10-12-26(13-11-24)14-15-27-18-20-39(21-19-27)32(41)23-46-35(43)28-16-17-30(36)31(22-28)47(44,45)38(4)33-25(2)37(3)40(34(33)42)29-8-6-5-7-9-29/h5-13,16-17,22,27H,14-15,18-21,23H2,1-4H3. The lowest BCUT2D eigenvalue weighted by Crippen LogP contribution is -2.40. The van der Waals surface area contributed by atoms with Crippen LogP contribution in [0.2, 0.25) is 5.02 Å². The molecule has 0 atom stereocenters. The molecule has 0 bridgehead atoms. The van der Waals surface area contributed by atoms with Gasteiger partial charge in [-0.25, -0.2) is 17.9 Å². The smallest absolute Gasteiger partial charge is 0.338 e. The number of hydrogen-bond acceptors (Lipinski definition) is 6. The Morgan fingerprint density at radius 2 is 1.64 bits per heavy atom. The van der Waals surface area contributed by atoms with Crippen LogP contribution in [0.15, 0.2) is 82.5 Å². The number of benzene rings is 3. The maximum Gasteiger partial charge on any atom is 0.338 e. The number of piperidine rings is 1. The first-order valence-corrected chi connectivity index (χ1v) is 17.3. The Hall–Kier alpha value is -4.35. The maximum absolute atomic E-state index is 13.8. The number of para-hydroxylation sites is 1. The zero-order valence-electron chi connectivity index (χ0n) is 27.0. The van der Waals surface area contributed by atoms with Crippen LogP contribution < -0.4 is 9.86 Å². The van der Waals surface area contributed by atoms with Crippen LogP contribution in [0.5, 0.6) is 0 Å². The number of anilines is 1. The Labute approximate surface area is 280 Å². The Balaban J connectivity index is 1.22. The molecule has 1 saturated heterocycles. The molecule has 0 unspecified atom stereocenters. The van der Waals surface area contributed by atoms with Crippen molar-refractivity contribution >= 4 is 39.2 Å². The topological polar surface area (TPSA) is 111 Å². The van der Waals surface area contributed by atoms with Crippen molar-refractivity contribution in [2.24, 2.45) is 13.0 Å². The van der Waals surface area contributed by atoms with Gasteiger partial charge in [0, 0.05) is 27.2 Å². The third-order valence-corrected chi connectivity index (χ3v) is 11.1. The molecule has 2 heterocycles. The number of halogens is 1. The van der Waals surface area contributed by atoms with E-state index in [0.29, 0.717) is 30.4 Å². The van der Waals surface area contributed by atoms with Crippen molar-refractivity contribution in [2.45, 2.75) is 44.4 Å². The summed E-state index contributed by atoms with van der Waals surface area (Å²) in [5.41, 5.74) is 2.84. The molecular weight excluding hydrogens is 640 g/mol. The van der Waals surface area contributed by atoms with E-state index in [9.17, 15) is 22.8 Å². The molecule has 1 fully saturated rings. The van der Waals surface area contributed by atoms with Crippen LogP contribution in [-0.2, 0) is 33.0 Å². The van der Waals surface area contributed by atoms with Crippen molar-refractivity contribution in [1.29, 1.82) is 0 Å². The van der Waals surface area contributed by atoms with Crippen LogP contribution in [0.1, 0.15) is 46.4 Å². The summed E-state index contributed by atoms with van der Waals surface area (Å²) >= 11 is 6.33. The lowest BCUT2D eigenvalue weighted by molar-refractivity contribution is -0.135. The first-order valence-electron chi connectivity index (χ1n) is 15.5. The Kier molecular flexibility index (Phi) is 10.3. The number of aryl methyl sites for hydroxylation is 2. The molecular formula is C35H39ClN4O6S. The number of carbonyl (C=O) groups is 2. The zero-order valence-corrected chi connectivity index (χ0v) is 28.6. The van der Waals surface area contributed by atoms with Crippen molar-refractivity contribution in [3.63, 3.8) is 0 Å². The summed E-state index contributed by atoms with van der Waals surface area (Å²) in [7, 11) is -1.47. The van der Waals surface area contributed by atoms with Gasteiger partial charge in [-0.15, -0.1) is 0 Å². The number of likely N-dealkylation sites (tertiary alicyclic amines) is 1. The van der Waals surface area contributed by atoms with Crippen molar-refractivity contribution in [1.82, 2.24) is 14.3 Å². The van der Waals surface area contributed by atoms with Gasteiger partial charge in [-0.05, 0) is 81.3 Å². The number of sulfonamides is 1. The second-order valence-corrected chi connectivity index (χ2v) is 14.3. The molecule has 12 heteroatoms. The number of ether oxygens (including phenoxy) is 1. The van der Waals surface area contributed by atoms with Crippen LogP contribution in [0.25, 0.3) is 5.69 Å². The summed E-state index contributed by atoms with van der Waals surface area (Å²) in [6.45, 7) is 4.44. The monoisotopic (exact) mass is 678 g/mol. The summed E-state index contributed by atoms with van der Waals surface area (Å²) in [5, 5.41) is -0.133. The number of esters is 1. The summed E-state index contributed by atoms with van der Waals surface area (Å²) in [6.07, 6.45) is 3.83. The van der Waals surface area contributed by atoms with E-state index in [2.05, 4.69) is 31.2 Å². The Morgan fingerprint density at radius 3 is 2.30 bits per heavy atom. The first-order chi connectivity index (χ1) is 22.4. The molecule has 10 nitrogen and oxygen atoms in total. The Morgan fingerprint density at radius 1 is 0.979 bits per heavy atom. The van der Waals surface area contributed by atoms with Crippen molar-refractivity contribution < 1.29 is 22.7 Å². The van der Waals surface area contributed by atoms with E-state index in [4.69, 9.17) is 16.3 Å². The molecule has 1 aromatic heterocycles. The fourth-order valence-corrected chi connectivity index (χ4v) is 7.66. The molecule has 4 aromatic rings. The second kappa shape index (κ2) is 14.2. The van der Waals surface area contributed by atoms with Gasteiger partial charge < -0.3 is 9.64 Å². The number of nitrogens with zero attached hydrogens (tertiary/aromatic N) is 4. The van der Waals surface area contributed by atoms with E-state index in [-0.39, 0.29) is 27.1 Å². The van der Waals surface area contributed by atoms with Crippen molar-refractivity contribution in [3.05, 3.63) is 111 Å². The van der Waals surface area contributed by atoms with Crippen molar-refractivity contribution in [3.8, 4) is 5.69 Å². The molecule has 0 aliphatic carbocycles. The highest BCUT2D eigenvalue weighted by Crippen LogP contribution is 2.30. The van der Waals surface area contributed by atoms with E-state index in [0.717, 1.165) is 36.1 Å². The minimum absolute atomic E-state index is 0.0649. The zero-order chi connectivity index (χ0) is 33.9. The molecule has 0 spiro atoms. The maximum atomic E-state index is 13.8. The molecule has 0 radical (unpaired) electrons. The normalized spacial score (nSPS) is 13.9. The predicted molar refractivity (Wildman–Crippen MR) is 182 cm³/mol. The summed E-state index contributed by atoms with van der Waals surface area (Å²) in [5.74, 6) is -0.632. The van der Waals surface area contributed by atoms with E-state index >= 15 is 0 Å². The molecule has 1 aliphatic rings. The fraction of sp³-hybridized carbons (Fsp3) is 0.343. The van der Waals surface area contributed by atoms with Gasteiger partial charge in [0.05, 0.1) is 22.0 Å². The second-order valence-electron chi connectivity index (χ2n) is 12.0. The van der Waals surface area contributed by atoms with Crippen molar-refractivity contribution in [2.75, 3.05) is 31.0 Å². The van der Waals surface area contributed by atoms with Crippen LogP contribution in [0, 0.1) is 19.8 Å². The highest BCUT2D eigenvalue weighted by atomic mass is 35.5. The van der Waals surface area contributed by atoms with Crippen LogP contribution in [-0.4, -0.2) is 61.3 Å². The largest absolute Gasteiger partial charge is 0.452 e. The van der Waals surface area contributed by atoms with E-state index < -0.39 is 28.2 Å². The lowest BCUT2D eigenvalue weighted by atomic mass is 9.90. The predicted octanol–water partition coefficient (Wildman–Crippen LogP) is 5.30. The average molecular weight is 679 g/mol. The third-order valence-electron chi connectivity index (χ3n) is 8.90. The van der Waals surface area contributed by atoms with E-state index in [1.54, 1.807) is 47.8 Å². The molecule has 5 rings (SSSR count). The SMILES string of the molecule is Cc1ccc(CCC2CCN(C(=O)COC(=O)c3ccc(Cl)c(S(=O)(=O)N(C)c4c(C)n(C)n(-c5ccccc5)c4=O)c3)CC2)cc1. The van der Waals surface area contributed by atoms with Gasteiger partial charge in [-0.1, -0.05) is 59.6 Å². The molecule has 0 saturated carbocycles. The van der Waals surface area contributed by atoms with Gasteiger partial charge in [0.25, 0.3) is 21.5 Å². The van der Waals surface area contributed by atoms with Gasteiger partial charge in [0.15, 0.2) is 6.61 Å². The van der Waals surface area contributed by atoms with Gasteiger partial charge in [-0.3, -0.25) is 18.6 Å². The van der Waals surface area contributed by atoms with Crippen LogP contribution >= 0.6 is 11.6 Å². The number of rotatable bonds is 10. The number of aromatic nitrogens is 2. The van der Waals surface area contributed by atoms with E-state index in [1.807, 2.05) is 6.07 Å². The van der Waals surface area contributed by atoms with Gasteiger partial charge in [0.2, 0.25) is 0 Å². The molecule has 1 amide bonds. The van der Waals surface area contributed by atoms with Gasteiger partial charge >= 0.3 is 5.97 Å². The molecule has 0 N–H and O–H groups in total. The van der Waals surface area contributed by atoms with E-state index in [1.165, 1.54) is 35.0 Å². The number of amides is 1. The molecule has 1 aliphatic heterocycles.